The third kappa shape index (κ3) is 5.16. The number of benzene rings is 8. The maximum absolute atomic E-state index is 14.6. The highest BCUT2D eigenvalue weighted by molar-refractivity contribution is 7.92. The summed E-state index contributed by atoms with van der Waals surface area (Å²) in [5.41, 5.74) is 16.0. The highest BCUT2D eigenvalue weighted by atomic mass is 32.2. The Bertz CT molecular complexity index is 3680. The summed E-state index contributed by atoms with van der Waals surface area (Å²) in [6.45, 7) is 0. The Kier molecular flexibility index (Phi) is 7.81. The second-order valence-electron chi connectivity index (χ2n) is 16.5. The van der Waals surface area contributed by atoms with Gasteiger partial charge in [-0.1, -0.05) is 164 Å². The van der Waals surface area contributed by atoms with Crippen LogP contribution < -0.4 is 0 Å². The van der Waals surface area contributed by atoms with E-state index in [1.54, 1.807) is 12.1 Å². The summed E-state index contributed by atoms with van der Waals surface area (Å²) in [6.07, 6.45) is 3.65. The Morgan fingerprint density at radius 2 is 0.844 bits per heavy atom. The Morgan fingerprint density at radius 3 is 1.52 bits per heavy atom. The zero-order chi connectivity index (χ0) is 42.6. The largest absolute Gasteiger partial charge is 0.236 e. The lowest BCUT2D eigenvalue weighted by Gasteiger charge is -2.35. The summed E-state index contributed by atoms with van der Waals surface area (Å²) in [5.74, 6) is 1.18. The number of hydrogen-bond donors (Lipinski definition) is 0. The topological polar surface area (TPSA) is 85.7 Å². The average molecular weight is 839 g/mol. The molecule has 0 bridgehead atoms. The summed E-state index contributed by atoms with van der Waals surface area (Å²) in [4.78, 5) is 20.8. The molecule has 8 aromatic carbocycles. The van der Waals surface area contributed by atoms with E-state index in [1.165, 1.54) is 0 Å². The third-order valence-electron chi connectivity index (χ3n) is 13.2. The molecular weight excluding hydrogens is 805 g/mol. The van der Waals surface area contributed by atoms with Gasteiger partial charge in [0.15, 0.2) is 11.6 Å². The van der Waals surface area contributed by atoms with E-state index >= 15 is 0 Å². The van der Waals surface area contributed by atoms with Crippen molar-refractivity contribution in [1.82, 2.24) is 19.9 Å². The normalized spacial score (nSPS) is 15.5. The van der Waals surface area contributed by atoms with Crippen LogP contribution in [0.25, 0.3) is 89.8 Å². The zero-order valence-electron chi connectivity index (χ0n) is 34.1. The van der Waals surface area contributed by atoms with Crippen LogP contribution in [0.15, 0.2) is 216 Å². The maximum Gasteiger partial charge on any atom is 0.207 e. The van der Waals surface area contributed by atoms with Crippen molar-refractivity contribution in [2.75, 3.05) is 0 Å². The summed E-state index contributed by atoms with van der Waals surface area (Å²) in [7, 11) is -3.81. The quantitative estimate of drug-likeness (QED) is 0.175. The molecule has 1 atom stereocenters. The number of hydrogen-bond acceptors (Lipinski definition) is 6. The van der Waals surface area contributed by atoms with Crippen molar-refractivity contribution in [2.24, 2.45) is 0 Å². The van der Waals surface area contributed by atoms with Gasteiger partial charge in [-0.05, 0) is 86.0 Å². The van der Waals surface area contributed by atoms with Gasteiger partial charge in [-0.15, -0.1) is 0 Å². The van der Waals surface area contributed by atoms with E-state index in [0.717, 1.165) is 94.7 Å². The molecule has 1 aliphatic heterocycles. The van der Waals surface area contributed by atoms with Crippen molar-refractivity contribution < 1.29 is 8.42 Å². The smallest absolute Gasteiger partial charge is 0.207 e. The second-order valence-corrected chi connectivity index (χ2v) is 18.4. The summed E-state index contributed by atoms with van der Waals surface area (Å²) in [6, 6.07) is 65.9. The molecule has 2 aromatic heterocycles. The van der Waals surface area contributed by atoms with Crippen LogP contribution in [0, 0.1) is 0 Å². The first-order valence-corrected chi connectivity index (χ1v) is 22.8. The fraction of sp³-hybridized carbons (Fsp3) is 0.0175. The predicted molar refractivity (Wildman–Crippen MR) is 252 cm³/mol. The number of aromatic nitrogens is 4. The van der Waals surface area contributed by atoms with Crippen LogP contribution in [0.1, 0.15) is 22.3 Å². The van der Waals surface area contributed by atoms with Crippen molar-refractivity contribution in [2.45, 2.75) is 15.2 Å². The second kappa shape index (κ2) is 13.7. The first kappa shape index (κ1) is 36.5. The van der Waals surface area contributed by atoms with Crippen LogP contribution in [0.2, 0.25) is 0 Å². The lowest BCUT2D eigenvalue weighted by Crippen LogP contribution is -2.29. The molecule has 6 nitrogen and oxygen atoms in total. The molecule has 0 radical (unpaired) electrons. The molecule has 64 heavy (non-hydrogen) atoms. The van der Waals surface area contributed by atoms with Crippen molar-refractivity contribution in [3.05, 3.63) is 229 Å². The van der Waals surface area contributed by atoms with Crippen molar-refractivity contribution in [3.8, 4) is 89.8 Å². The van der Waals surface area contributed by atoms with Crippen LogP contribution in [0.4, 0.5) is 0 Å². The first-order chi connectivity index (χ1) is 31.5. The predicted octanol–water partition coefficient (Wildman–Crippen LogP) is 12.8. The van der Waals surface area contributed by atoms with E-state index in [1.807, 2.05) is 85.2 Å². The van der Waals surface area contributed by atoms with Gasteiger partial charge in [0.05, 0.1) is 26.6 Å². The van der Waals surface area contributed by atoms with Gasteiger partial charge in [0.1, 0.15) is 0 Å². The summed E-state index contributed by atoms with van der Waals surface area (Å²) < 4.78 is 29.1. The van der Waals surface area contributed by atoms with Gasteiger partial charge in [0, 0.05) is 45.8 Å². The monoisotopic (exact) mass is 838 g/mol. The molecule has 1 spiro atoms. The molecule has 0 saturated carbocycles. The fourth-order valence-corrected chi connectivity index (χ4v) is 12.1. The minimum atomic E-state index is -3.81. The molecular formula is C57H34N4O2S. The van der Waals surface area contributed by atoms with E-state index in [9.17, 15) is 8.42 Å². The SMILES string of the molecule is O=S1(=O)c2ccccc2-c2cc3c(cc21)C1(c2ccccc2-c2ccccc2-c2ccc(-c4nc(-c5ccccc5)cc(-c5cnc(-c6ccccc6)nc5)n4)cc21)c1ccccc1-3. The third-order valence-corrected chi connectivity index (χ3v) is 15.0. The van der Waals surface area contributed by atoms with Gasteiger partial charge < -0.3 is 0 Å². The molecule has 0 fully saturated rings. The molecule has 300 valence electrons. The molecule has 13 rings (SSSR count). The number of rotatable bonds is 4. The van der Waals surface area contributed by atoms with E-state index in [-0.39, 0.29) is 0 Å². The van der Waals surface area contributed by atoms with Gasteiger partial charge in [0.2, 0.25) is 9.84 Å². The molecule has 0 saturated heterocycles. The Morgan fingerprint density at radius 1 is 0.328 bits per heavy atom. The lowest BCUT2D eigenvalue weighted by molar-refractivity contribution is 0.598. The van der Waals surface area contributed by atoms with Gasteiger partial charge in [-0.25, -0.2) is 28.4 Å². The van der Waals surface area contributed by atoms with Crippen LogP contribution in [0.5, 0.6) is 0 Å². The van der Waals surface area contributed by atoms with Crippen molar-refractivity contribution in [1.29, 1.82) is 0 Å². The molecule has 7 heteroatoms. The summed E-state index contributed by atoms with van der Waals surface area (Å²) in [5, 5.41) is 0. The molecule has 0 amide bonds. The van der Waals surface area contributed by atoms with Crippen molar-refractivity contribution in [3.63, 3.8) is 0 Å². The Labute approximate surface area is 370 Å². The number of nitrogens with zero attached hydrogens (tertiary/aromatic N) is 4. The number of fused-ring (bicyclic) bond motifs is 15. The summed E-state index contributed by atoms with van der Waals surface area (Å²) >= 11 is 0. The molecule has 3 aliphatic rings. The molecule has 0 N–H and O–H groups in total. The van der Waals surface area contributed by atoms with Crippen molar-refractivity contribution >= 4 is 9.84 Å². The van der Waals surface area contributed by atoms with Gasteiger partial charge >= 0.3 is 0 Å². The fourth-order valence-electron chi connectivity index (χ4n) is 10.4. The zero-order valence-corrected chi connectivity index (χ0v) is 35.0. The van der Waals surface area contributed by atoms with Gasteiger partial charge in [-0.2, -0.15) is 0 Å². The minimum Gasteiger partial charge on any atom is -0.236 e. The standard InChI is InChI=1S/C57H34N4O2S/c62-64(63)53-26-14-11-23-44(53)46-30-45-42-22-10-13-25-48(42)57(50(45)31-54(46)64)47-24-12-9-21-41(47)39-19-7-8-20-40(39)43-28-27-37(29-49(43)57)56-60-51(35-15-3-1-4-16-35)32-52(61-56)38-33-58-55(59-34-38)36-17-5-2-6-18-36/h1-34H. The highest BCUT2D eigenvalue weighted by Gasteiger charge is 2.51. The maximum atomic E-state index is 14.6. The van der Waals surface area contributed by atoms with E-state index < -0.39 is 15.3 Å². The lowest BCUT2D eigenvalue weighted by atomic mass is 9.65. The Balaban J connectivity index is 1.10. The molecule has 2 aliphatic carbocycles. The van der Waals surface area contributed by atoms with Crippen LogP contribution in [-0.4, -0.2) is 28.4 Å². The Hall–Kier alpha value is -8.13. The highest BCUT2D eigenvalue weighted by Crippen LogP contribution is 2.63. The number of sulfone groups is 1. The average Bonchev–Trinajstić information content (AvgIpc) is 3.73. The van der Waals surface area contributed by atoms with E-state index in [2.05, 4.69) is 109 Å². The molecule has 1 unspecified atom stereocenters. The molecule has 3 heterocycles. The van der Waals surface area contributed by atoms with Gasteiger partial charge in [-0.3, -0.25) is 0 Å². The van der Waals surface area contributed by atoms with E-state index in [4.69, 9.17) is 19.9 Å². The van der Waals surface area contributed by atoms with Gasteiger partial charge in [0.25, 0.3) is 0 Å². The van der Waals surface area contributed by atoms with Crippen LogP contribution >= 0.6 is 0 Å². The van der Waals surface area contributed by atoms with Crippen LogP contribution in [-0.2, 0) is 15.3 Å². The van der Waals surface area contributed by atoms with Crippen LogP contribution in [0.3, 0.4) is 0 Å². The molecule has 10 aromatic rings. The van der Waals surface area contributed by atoms with E-state index in [0.29, 0.717) is 27.1 Å². The first-order valence-electron chi connectivity index (χ1n) is 21.3. The minimum absolute atomic E-state index is 0.334.